The van der Waals surface area contributed by atoms with Gasteiger partial charge >= 0.3 is 0 Å². The van der Waals surface area contributed by atoms with E-state index in [1.165, 1.54) is 0 Å². The summed E-state index contributed by atoms with van der Waals surface area (Å²) in [7, 11) is 0. The summed E-state index contributed by atoms with van der Waals surface area (Å²) >= 11 is 5.14. The number of hydrogen-bond donors (Lipinski definition) is 1. The molecule has 1 N–H and O–H groups in total. The SMILES string of the molecule is CC(C)C(=O)[C@H](CNC1CCOCC1)c1ccc(Br)s1. The van der Waals surface area contributed by atoms with E-state index in [2.05, 4.69) is 27.3 Å². The van der Waals surface area contributed by atoms with Gasteiger partial charge in [-0.3, -0.25) is 4.79 Å². The van der Waals surface area contributed by atoms with Gasteiger partial charge in [-0.15, -0.1) is 11.3 Å². The lowest BCUT2D eigenvalue weighted by molar-refractivity contribution is -0.123. The third-order valence-electron chi connectivity index (χ3n) is 3.68. The maximum absolute atomic E-state index is 12.5. The van der Waals surface area contributed by atoms with Crippen molar-refractivity contribution in [3.05, 3.63) is 20.8 Å². The minimum absolute atomic E-state index is 0.0332. The molecule has 1 aliphatic heterocycles. The number of Topliss-reactive ketones (excluding diaryl/α,β-unsaturated/α-hetero) is 1. The van der Waals surface area contributed by atoms with E-state index >= 15 is 0 Å². The topological polar surface area (TPSA) is 38.3 Å². The molecule has 1 atom stereocenters. The van der Waals surface area contributed by atoms with Gasteiger partial charge in [-0.25, -0.2) is 0 Å². The summed E-state index contributed by atoms with van der Waals surface area (Å²) in [6.45, 7) is 6.34. The summed E-state index contributed by atoms with van der Waals surface area (Å²) in [5.41, 5.74) is 0. The summed E-state index contributed by atoms with van der Waals surface area (Å²) in [6, 6.07) is 4.56. The molecule has 0 aromatic carbocycles. The normalized spacial score (nSPS) is 18.4. The Hall–Kier alpha value is -0.230. The fourth-order valence-electron chi connectivity index (χ4n) is 2.45. The first kappa shape index (κ1) is 16.1. The molecular formula is C15H22BrNO2S. The summed E-state index contributed by atoms with van der Waals surface area (Å²) in [4.78, 5) is 13.6. The van der Waals surface area contributed by atoms with Gasteiger partial charge in [0.25, 0.3) is 0 Å². The molecule has 0 aliphatic carbocycles. The predicted molar refractivity (Wildman–Crippen MR) is 86.4 cm³/mol. The van der Waals surface area contributed by atoms with Crippen molar-refractivity contribution >= 4 is 33.0 Å². The van der Waals surface area contributed by atoms with Crippen LogP contribution in [0.1, 0.15) is 37.5 Å². The number of rotatable bonds is 6. The van der Waals surface area contributed by atoms with Crippen molar-refractivity contribution < 1.29 is 9.53 Å². The smallest absolute Gasteiger partial charge is 0.144 e. The van der Waals surface area contributed by atoms with E-state index < -0.39 is 0 Å². The van der Waals surface area contributed by atoms with Crippen molar-refractivity contribution in [2.24, 2.45) is 5.92 Å². The van der Waals surface area contributed by atoms with E-state index in [-0.39, 0.29) is 11.8 Å². The minimum atomic E-state index is -0.0332. The Morgan fingerprint density at radius 2 is 2.15 bits per heavy atom. The second-order valence-electron chi connectivity index (χ2n) is 5.55. The number of thiophene rings is 1. The van der Waals surface area contributed by atoms with Crippen LogP contribution in [0.4, 0.5) is 0 Å². The van der Waals surface area contributed by atoms with Crippen LogP contribution >= 0.6 is 27.3 Å². The van der Waals surface area contributed by atoms with Gasteiger partial charge in [0.15, 0.2) is 0 Å². The Bertz CT molecular complexity index is 441. The first-order valence-electron chi connectivity index (χ1n) is 7.18. The maximum Gasteiger partial charge on any atom is 0.144 e. The fraction of sp³-hybridized carbons (Fsp3) is 0.667. The molecule has 0 radical (unpaired) electrons. The van der Waals surface area contributed by atoms with Crippen molar-refractivity contribution in [2.75, 3.05) is 19.8 Å². The van der Waals surface area contributed by atoms with Gasteiger partial charge in [0.2, 0.25) is 0 Å². The molecule has 1 fully saturated rings. The summed E-state index contributed by atoms with van der Waals surface area (Å²) < 4.78 is 6.45. The Kier molecular flexibility index (Phi) is 6.20. The molecule has 5 heteroatoms. The van der Waals surface area contributed by atoms with E-state index in [9.17, 15) is 4.79 Å². The lowest BCUT2D eigenvalue weighted by Crippen LogP contribution is -2.39. The monoisotopic (exact) mass is 359 g/mol. The van der Waals surface area contributed by atoms with Gasteiger partial charge in [-0.1, -0.05) is 13.8 Å². The Labute approximate surface area is 133 Å². The number of nitrogens with one attached hydrogen (secondary N) is 1. The standard InChI is InChI=1S/C15H22BrNO2S/c1-10(2)15(18)12(13-3-4-14(16)20-13)9-17-11-5-7-19-8-6-11/h3-4,10-12,17H,5-9H2,1-2H3/t12-/m1/s1. The second-order valence-corrected chi connectivity index (χ2v) is 8.04. The molecule has 2 rings (SSSR count). The van der Waals surface area contributed by atoms with Crippen LogP contribution in [0.3, 0.4) is 0 Å². The third-order valence-corrected chi connectivity index (χ3v) is 5.42. The van der Waals surface area contributed by atoms with Crippen molar-refractivity contribution in [2.45, 2.75) is 38.6 Å². The third kappa shape index (κ3) is 4.38. The highest BCUT2D eigenvalue weighted by molar-refractivity contribution is 9.11. The maximum atomic E-state index is 12.5. The molecule has 20 heavy (non-hydrogen) atoms. The molecule has 0 amide bonds. The molecule has 0 bridgehead atoms. The fourth-order valence-corrected chi connectivity index (χ4v) is 3.98. The molecule has 2 heterocycles. The van der Waals surface area contributed by atoms with Crippen LogP contribution in [0.15, 0.2) is 15.9 Å². The highest BCUT2D eigenvalue weighted by Crippen LogP contribution is 2.30. The van der Waals surface area contributed by atoms with Crippen LogP contribution in [-0.4, -0.2) is 31.6 Å². The molecule has 1 aromatic heterocycles. The largest absolute Gasteiger partial charge is 0.381 e. The van der Waals surface area contributed by atoms with Gasteiger partial charge in [0.05, 0.1) is 9.70 Å². The lowest BCUT2D eigenvalue weighted by Gasteiger charge is -2.26. The molecule has 3 nitrogen and oxygen atoms in total. The van der Waals surface area contributed by atoms with Gasteiger partial charge in [0, 0.05) is 36.6 Å². The van der Waals surface area contributed by atoms with Gasteiger partial charge in [-0.05, 0) is 40.9 Å². The van der Waals surface area contributed by atoms with Crippen molar-refractivity contribution in [1.29, 1.82) is 0 Å². The zero-order chi connectivity index (χ0) is 14.5. The quantitative estimate of drug-likeness (QED) is 0.843. The summed E-state index contributed by atoms with van der Waals surface area (Å²) in [5, 5.41) is 3.56. The Morgan fingerprint density at radius 3 is 2.70 bits per heavy atom. The minimum Gasteiger partial charge on any atom is -0.381 e. The molecule has 1 saturated heterocycles. The molecule has 1 aromatic rings. The lowest BCUT2D eigenvalue weighted by atomic mass is 9.93. The molecule has 112 valence electrons. The number of carbonyl (C=O) groups is 1. The van der Waals surface area contributed by atoms with E-state index in [1.54, 1.807) is 11.3 Å². The molecular weight excluding hydrogens is 338 g/mol. The Morgan fingerprint density at radius 1 is 1.45 bits per heavy atom. The number of ether oxygens (including phenoxy) is 1. The number of hydrogen-bond acceptors (Lipinski definition) is 4. The van der Waals surface area contributed by atoms with Crippen molar-refractivity contribution in [3.63, 3.8) is 0 Å². The highest BCUT2D eigenvalue weighted by Gasteiger charge is 2.25. The number of ketones is 1. The molecule has 0 spiro atoms. The second kappa shape index (κ2) is 7.69. The molecule has 0 unspecified atom stereocenters. The zero-order valence-corrected chi connectivity index (χ0v) is 14.4. The number of carbonyl (C=O) groups excluding carboxylic acids is 1. The van der Waals surface area contributed by atoms with Crippen molar-refractivity contribution in [3.8, 4) is 0 Å². The van der Waals surface area contributed by atoms with E-state index in [4.69, 9.17) is 4.74 Å². The van der Waals surface area contributed by atoms with Gasteiger partial charge < -0.3 is 10.1 Å². The van der Waals surface area contributed by atoms with Crippen molar-refractivity contribution in [1.82, 2.24) is 5.32 Å². The molecule has 0 saturated carbocycles. The van der Waals surface area contributed by atoms with E-state index in [0.717, 1.165) is 41.3 Å². The van der Waals surface area contributed by atoms with Crippen LogP contribution in [-0.2, 0) is 9.53 Å². The summed E-state index contributed by atoms with van der Waals surface area (Å²) in [5.74, 6) is 0.352. The van der Waals surface area contributed by atoms with E-state index in [0.29, 0.717) is 11.8 Å². The Balaban J connectivity index is 2.00. The van der Waals surface area contributed by atoms with Crippen LogP contribution in [0, 0.1) is 5.92 Å². The van der Waals surface area contributed by atoms with Crippen LogP contribution in [0.25, 0.3) is 0 Å². The van der Waals surface area contributed by atoms with Crippen LogP contribution < -0.4 is 5.32 Å². The van der Waals surface area contributed by atoms with Crippen LogP contribution in [0.2, 0.25) is 0 Å². The van der Waals surface area contributed by atoms with Crippen LogP contribution in [0.5, 0.6) is 0 Å². The average molecular weight is 360 g/mol. The first-order chi connectivity index (χ1) is 9.58. The molecule has 1 aliphatic rings. The van der Waals surface area contributed by atoms with E-state index in [1.807, 2.05) is 19.9 Å². The average Bonchev–Trinajstić information content (AvgIpc) is 2.86. The van der Waals surface area contributed by atoms with Gasteiger partial charge in [0.1, 0.15) is 5.78 Å². The first-order valence-corrected chi connectivity index (χ1v) is 8.79. The zero-order valence-electron chi connectivity index (χ0n) is 12.0. The predicted octanol–water partition coefficient (Wildman–Crippen LogP) is 3.59. The number of halogens is 1. The highest BCUT2D eigenvalue weighted by atomic mass is 79.9. The van der Waals surface area contributed by atoms with Gasteiger partial charge in [-0.2, -0.15) is 0 Å². The summed E-state index contributed by atoms with van der Waals surface area (Å²) in [6.07, 6.45) is 2.08.